The van der Waals surface area contributed by atoms with Crippen molar-refractivity contribution in [1.29, 1.82) is 0 Å². The first-order chi connectivity index (χ1) is 15.0. The van der Waals surface area contributed by atoms with Crippen LogP contribution in [0.4, 0.5) is 5.69 Å². The Bertz CT molecular complexity index is 1050. The van der Waals surface area contributed by atoms with E-state index in [9.17, 15) is 14.4 Å². The number of carbonyl (C=O) groups excluding carboxylic acids is 3. The van der Waals surface area contributed by atoms with E-state index in [1.165, 1.54) is 18.4 Å². The van der Waals surface area contributed by atoms with E-state index in [1.54, 1.807) is 66.0 Å². The SMILES string of the molecule is COc1ccc(Cl)cc1N[C@H](CC(=O)c1ccccc1)C(=O)OCC(=O)c1cccs1. The Labute approximate surface area is 188 Å². The van der Waals surface area contributed by atoms with Crippen LogP contribution in [-0.4, -0.2) is 37.3 Å². The number of carbonyl (C=O) groups is 3. The minimum absolute atomic E-state index is 0.175. The molecule has 1 N–H and O–H groups in total. The zero-order valence-electron chi connectivity index (χ0n) is 16.7. The predicted molar refractivity (Wildman–Crippen MR) is 120 cm³/mol. The summed E-state index contributed by atoms with van der Waals surface area (Å²) in [5.74, 6) is -0.835. The molecule has 0 aliphatic carbocycles. The van der Waals surface area contributed by atoms with Crippen molar-refractivity contribution < 1.29 is 23.9 Å². The molecule has 160 valence electrons. The molecule has 0 bridgehead atoms. The van der Waals surface area contributed by atoms with Crippen molar-refractivity contribution >= 4 is 46.2 Å². The van der Waals surface area contributed by atoms with E-state index in [0.717, 1.165) is 0 Å². The molecule has 8 heteroatoms. The van der Waals surface area contributed by atoms with E-state index < -0.39 is 18.6 Å². The molecule has 0 unspecified atom stereocenters. The third-order valence-electron chi connectivity index (χ3n) is 4.40. The van der Waals surface area contributed by atoms with E-state index in [0.29, 0.717) is 26.9 Å². The molecule has 0 spiro atoms. The lowest BCUT2D eigenvalue weighted by Crippen LogP contribution is -2.35. The molecule has 31 heavy (non-hydrogen) atoms. The molecule has 0 fully saturated rings. The lowest BCUT2D eigenvalue weighted by Gasteiger charge is -2.20. The lowest BCUT2D eigenvalue weighted by atomic mass is 10.0. The molecular weight excluding hydrogens is 438 g/mol. The first-order valence-electron chi connectivity index (χ1n) is 9.39. The van der Waals surface area contributed by atoms with Crippen LogP contribution in [0.1, 0.15) is 26.5 Å². The van der Waals surface area contributed by atoms with Crippen molar-refractivity contribution in [2.75, 3.05) is 19.0 Å². The van der Waals surface area contributed by atoms with Crippen LogP contribution < -0.4 is 10.1 Å². The van der Waals surface area contributed by atoms with Crippen molar-refractivity contribution in [2.24, 2.45) is 0 Å². The molecule has 6 nitrogen and oxygen atoms in total. The van der Waals surface area contributed by atoms with Crippen LogP contribution in [0, 0.1) is 0 Å². The highest BCUT2D eigenvalue weighted by Crippen LogP contribution is 2.29. The van der Waals surface area contributed by atoms with Gasteiger partial charge in [-0.3, -0.25) is 9.59 Å². The van der Waals surface area contributed by atoms with Crippen LogP contribution in [0.3, 0.4) is 0 Å². The number of benzene rings is 2. The average Bonchev–Trinajstić information content (AvgIpc) is 3.32. The van der Waals surface area contributed by atoms with Crippen LogP contribution in [0.2, 0.25) is 5.02 Å². The molecule has 0 aliphatic rings. The van der Waals surface area contributed by atoms with Gasteiger partial charge in [-0.15, -0.1) is 11.3 Å². The maximum Gasteiger partial charge on any atom is 0.329 e. The fourth-order valence-corrected chi connectivity index (χ4v) is 3.67. The van der Waals surface area contributed by atoms with Crippen LogP contribution in [0.25, 0.3) is 0 Å². The second-order valence-electron chi connectivity index (χ2n) is 6.54. The van der Waals surface area contributed by atoms with Crippen LogP contribution >= 0.6 is 22.9 Å². The normalized spacial score (nSPS) is 11.4. The standard InChI is InChI=1S/C23H20ClNO5S/c1-29-21-10-9-16(24)12-17(21)25-18(13-19(26)15-6-3-2-4-7-15)23(28)30-14-20(27)22-8-5-11-31-22/h2-12,18,25H,13-14H2,1H3/t18-/m1/s1. The number of halogens is 1. The van der Waals surface area contributed by atoms with Gasteiger partial charge in [0.25, 0.3) is 0 Å². The molecule has 3 aromatic rings. The molecule has 0 saturated carbocycles. The highest BCUT2D eigenvalue weighted by Gasteiger charge is 2.26. The molecule has 0 aliphatic heterocycles. The number of methoxy groups -OCH3 is 1. The van der Waals surface area contributed by atoms with Gasteiger partial charge in [0.05, 0.1) is 17.7 Å². The van der Waals surface area contributed by atoms with E-state index in [-0.39, 0.29) is 18.0 Å². The summed E-state index contributed by atoms with van der Waals surface area (Å²) in [6, 6.07) is 15.9. The van der Waals surface area contributed by atoms with Crippen molar-refractivity contribution in [3.63, 3.8) is 0 Å². The van der Waals surface area contributed by atoms with Gasteiger partial charge in [-0.25, -0.2) is 4.79 Å². The van der Waals surface area contributed by atoms with Crippen molar-refractivity contribution in [1.82, 2.24) is 0 Å². The number of anilines is 1. The Kier molecular flexibility index (Phi) is 7.81. The van der Waals surface area contributed by atoms with E-state index in [1.807, 2.05) is 0 Å². The second kappa shape index (κ2) is 10.7. The van der Waals surface area contributed by atoms with Gasteiger partial charge in [-0.1, -0.05) is 48.0 Å². The van der Waals surface area contributed by atoms with E-state index in [4.69, 9.17) is 21.1 Å². The zero-order valence-corrected chi connectivity index (χ0v) is 18.2. The fraction of sp³-hybridized carbons (Fsp3) is 0.174. The summed E-state index contributed by atoms with van der Waals surface area (Å²) >= 11 is 7.34. The Morgan fingerprint density at radius 2 is 1.81 bits per heavy atom. The maximum atomic E-state index is 12.8. The summed E-state index contributed by atoms with van der Waals surface area (Å²) in [7, 11) is 1.48. The van der Waals surface area contributed by atoms with E-state index in [2.05, 4.69) is 5.32 Å². The van der Waals surface area contributed by atoms with Gasteiger partial charge >= 0.3 is 5.97 Å². The molecule has 1 atom stereocenters. The summed E-state index contributed by atoms with van der Waals surface area (Å²) in [5.41, 5.74) is 0.900. The van der Waals surface area contributed by atoms with Gasteiger partial charge in [0.1, 0.15) is 11.8 Å². The largest absolute Gasteiger partial charge is 0.495 e. The zero-order chi connectivity index (χ0) is 22.2. The van der Waals surface area contributed by atoms with Crippen molar-refractivity contribution in [3.8, 4) is 5.75 Å². The van der Waals surface area contributed by atoms with Gasteiger partial charge in [-0.05, 0) is 29.6 Å². The monoisotopic (exact) mass is 457 g/mol. The molecule has 0 amide bonds. The molecular formula is C23H20ClNO5S. The highest BCUT2D eigenvalue weighted by atomic mass is 35.5. The topological polar surface area (TPSA) is 81.7 Å². The number of hydrogen-bond donors (Lipinski definition) is 1. The minimum Gasteiger partial charge on any atom is -0.495 e. The Morgan fingerprint density at radius 1 is 1.03 bits per heavy atom. The minimum atomic E-state index is -1.05. The van der Waals surface area contributed by atoms with Gasteiger partial charge < -0.3 is 14.8 Å². The third-order valence-corrected chi connectivity index (χ3v) is 5.55. The summed E-state index contributed by atoms with van der Waals surface area (Å²) in [6.07, 6.45) is -0.175. The van der Waals surface area contributed by atoms with Gasteiger partial charge in [0, 0.05) is 17.0 Å². The summed E-state index contributed by atoms with van der Waals surface area (Å²) in [4.78, 5) is 38.2. The van der Waals surface area contributed by atoms with Gasteiger partial charge in [-0.2, -0.15) is 0 Å². The molecule has 3 rings (SSSR count). The number of Topliss-reactive ketones (excluding diaryl/α,β-unsaturated/α-hetero) is 2. The quantitative estimate of drug-likeness (QED) is 0.345. The third kappa shape index (κ3) is 6.16. The fourth-order valence-electron chi connectivity index (χ4n) is 2.85. The van der Waals surface area contributed by atoms with Crippen LogP contribution in [-0.2, 0) is 9.53 Å². The maximum absolute atomic E-state index is 12.8. The summed E-state index contributed by atoms with van der Waals surface area (Å²) in [5, 5.41) is 5.18. The number of nitrogens with one attached hydrogen (secondary N) is 1. The summed E-state index contributed by atoms with van der Waals surface area (Å²) < 4.78 is 10.5. The number of ketones is 2. The molecule has 1 heterocycles. The first kappa shape index (κ1) is 22.5. The molecule has 2 aromatic carbocycles. The Hall–Kier alpha value is -3.16. The van der Waals surface area contributed by atoms with Crippen LogP contribution in [0.5, 0.6) is 5.75 Å². The van der Waals surface area contributed by atoms with E-state index >= 15 is 0 Å². The lowest BCUT2D eigenvalue weighted by molar-refractivity contribution is -0.143. The molecule has 0 radical (unpaired) electrons. The smallest absolute Gasteiger partial charge is 0.329 e. The Balaban J connectivity index is 1.77. The van der Waals surface area contributed by atoms with Gasteiger partial charge in [0.15, 0.2) is 12.4 Å². The summed E-state index contributed by atoms with van der Waals surface area (Å²) in [6.45, 7) is -0.413. The number of ether oxygens (including phenoxy) is 2. The number of esters is 1. The second-order valence-corrected chi connectivity index (χ2v) is 7.93. The van der Waals surface area contributed by atoms with Crippen molar-refractivity contribution in [2.45, 2.75) is 12.5 Å². The first-order valence-corrected chi connectivity index (χ1v) is 10.7. The molecule has 0 saturated heterocycles. The number of hydrogen-bond acceptors (Lipinski definition) is 7. The molecule has 1 aromatic heterocycles. The highest BCUT2D eigenvalue weighted by molar-refractivity contribution is 7.12. The predicted octanol–water partition coefficient (Wildman–Crippen LogP) is 4.89. The van der Waals surface area contributed by atoms with Gasteiger partial charge in [0.2, 0.25) is 5.78 Å². The van der Waals surface area contributed by atoms with Crippen molar-refractivity contribution in [3.05, 3.63) is 81.5 Å². The number of rotatable bonds is 10. The Morgan fingerprint density at radius 3 is 2.48 bits per heavy atom. The average molecular weight is 458 g/mol. The van der Waals surface area contributed by atoms with Crippen LogP contribution in [0.15, 0.2) is 66.0 Å². The number of thiophene rings is 1.